The van der Waals surface area contributed by atoms with Crippen LogP contribution < -0.4 is 10.2 Å². The van der Waals surface area contributed by atoms with Gasteiger partial charge in [0.1, 0.15) is 0 Å². The van der Waals surface area contributed by atoms with Crippen molar-refractivity contribution in [1.82, 2.24) is 0 Å². The number of carbonyl (C=O) groups excluding carboxylic acids is 1. The Labute approximate surface area is 157 Å². The standard InChI is InChI=1S/C23H30N2O/c1-15(2)19-10-8-11-20(16(3)4)23(19)24-22(26)14-25-17(5)13-18-9-6-7-12-21(18)25/h6-12,15-17H,13-14H2,1-5H3,(H,24,26)/t17-/m1/s1. The van der Waals surface area contributed by atoms with Crippen LogP contribution in [0.3, 0.4) is 0 Å². The summed E-state index contributed by atoms with van der Waals surface area (Å²) in [7, 11) is 0. The maximum absolute atomic E-state index is 12.9. The van der Waals surface area contributed by atoms with Crippen LogP contribution in [0.15, 0.2) is 42.5 Å². The quantitative estimate of drug-likeness (QED) is 0.791. The number of fused-ring (bicyclic) bond motifs is 1. The molecule has 0 bridgehead atoms. The van der Waals surface area contributed by atoms with E-state index in [0.717, 1.165) is 12.1 Å². The van der Waals surface area contributed by atoms with E-state index in [1.807, 2.05) is 6.07 Å². The average molecular weight is 351 g/mol. The van der Waals surface area contributed by atoms with Crippen molar-refractivity contribution in [1.29, 1.82) is 0 Å². The van der Waals surface area contributed by atoms with Crippen LogP contribution in [0.1, 0.15) is 63.1 Å². The fourth-order valence-electron chi connectivity index (χ4n) is 3.90. The molecule has 1 N–H and O–H groups in total. The summed E-state index contributed by atoms with van der Waals surface area (Å²) in [6, 6.07) is 15.1. The molecule has 3 rings (SSSR count). The maximum atomic E-state index is 12.9. The summed E-state index contributed by atoms with van der Waals surface area (Å²) >= 11 is 0. The molecule has 3 heteroatoms. The molecule has 1 aliphatic rings. The van der Waals surface area contributed by atoms with Crippen LogP contribution in [0.25, 0.3) is 0 Å². The molecule has 26 heavy (non-hydrogen) atoms. The largest absolute Gasteiger partial charge is 0.359 e. The molecule has 0 spiro atoms. The van der Waals surface area contributed by atoms with Gasteiger partial charge in [-0.05, 0) is 47.9 Å². The smallest absolute Gasteiger partial charge is 0.243 e. The summed E-state index contributed by atoms with van der Waals surface area (Å²) in [5, 5.41) is 3.24. The Balaban J connectivity index is 1.83. The Morgan fingerprint density at radius 2 is 1.65 bits per heavy atom. The lowest BCUT2D eigenvalue weighted by Gasteiger charge is -2.26. The van der Waals surface area contributed by atoms with Gasteiger partial charge in [0.05, 0.1) is 6.54 Å². The zero-order chi connectivity index (χ0) is 18.8. The van der Waals surface area contributed by atoms with Crippen LogP contribution in [0, 0.1) is 0 Å². The topological polar surface area (TPSA) is 32.3 Å². The molecule has 0 radical (unpaired) electrons. The highest BCUT2D eigenvalue weighted by Gasteiger charge is 2.27. The van der Waals surface area contributed by atoms with E-state index in [2.05, 4.69) is 81.2 Å². The highest BCUT2D eigenvalue weighted by molar-refractivity contribution is 5.96. The number of hydrogen-bond donors (Lipinski definition) is 1. The zero-order valence-electron chi connectivity index (χ0n) is 16.5. The van der Waals surface area contributed by atoms with Gasteiger partial charge >= 0.3 is 0 Å². The van der Waals surface area contributed by atoms with Gasteiger partial charge < -0.3 is 10.2 Å². The van der Waals surface area contributed by atoms with E-state index in [1.165, 1.54) is 22.4 Å². The lowest BCUT2D eigenvalue weighted by Crippen LogP contribution is -2.37. The first-order chi connectivity index (χ1) is 12.4. The molecule has 138 valence electrons. The van der Waals surface area contributed by atoms with Crippen LogP contribution >= 0.6 is 0 Å². The molecule has 2 aromatic carbocycles. The van der Waals surface area contributed by atoms with Gasteiger partial charge in [0, 0.05) is 17.4 Å². The molecule has 0 aliphatic carbocycles. The van der Waals surface area contributed by atoms with Crippen molar-refractivity contribution in [3.8, 4) is 0 Å². The summed E-state index contributed by atoms with van der Waals surface area (Å²) < 4.78 is 0. The van der Waals surface area contributed by atoms with Gasteiger partial charge in [-0.1, -0.05) is 64.1 Å². The van der Waals surface area contributed by atoms with Gasteiger partial charge in [0.2, 0.25) is 5.91 Å². The predicted octanol–water partition coefficient (Wildman–Crippen LogP) is 5.32. The number of para-hydroxylation sites is 2. The molecule has 1 aliphatic heterocycles. The van der Waals surface area contributed by atoms with Gasteiger partial charge in [-0.15, -0.1) is 0 Å². The third kappa shape index (κ3) is 3.62. The van der Waals surface area contributed by atoms with Gasteiger partial charge in [-0.3, -0.25) is 4.79 Å². The van der Waals surface area contributed by atoms with E-state index >= 15 is 0 Å². The van der Waals surface area contributed by atoms with E-state index in [1.54, 1.807) is 0 Å². The Morgan fingerprint density at radius 1 is 1.04 bits per heavy atom. The molecule has 1 atom stereocenters. The van der Waals surface area contributed by atoms with Crippen LogP contribution in [0.4, 0.5) is 11.4 Å². The second-order valence-corrected chi connectivity index (χ2v) is 7.98. The molecular weight excluding hydrogens is 320 g/mol. The third-order valence-corrected chi connectivity index (χ3v) is 5.30. The zero-order valence-corrected chi connectivity index (χ0v) is 16.5. The minimum absolute atomic E-state index is 0.0588. The number of nitrogens with zero attached hydrogens (tertiary/aromatic N) is 1. The van der Waals surface area contributed by atoms with Gasteiger partial charge in [0.15, 0.2) is 0 Å². The highest BCUT2D eigenvalue weighted by atomic mass is 16.2. The van der Waals surface area contributed by atoms with Crippen molar-refractivity contribution in [2.45, 2.75) is 58.9 Å². The molecule has 0 saturated carbocycles. The van der Waals surface area contributed by atoms with Crippen molar-refractivity contribution in [2.75, 3.05) is 16.8 Å². The number of anilines is 2. The Bertz CT molecular complexity index is 768. The maximum Gasteiger partial charge on any atom is 0.243 e. The summed E-state index contributed by atoms with van der Waals surface area (Å²) in [4.78, 5) is 15.1. The number of hydrogen-bond acceptors (Lipinski definition) is 2. The number of amides is 1. The lowest BCUT2D eigenvalue weighted by molar-refractivity contribution is -0.115. The molecule has 0 aromatic heterocycles. The molecule has 3 nitrogen and oxygen atoms in total. The minimum Gasteiger partial charge on any atom is -0.359 e. The number of rotatable bonds is 5. The fraction of sp³-hybridized carbons (Fsp3) is 0.435. The normalized spacial score (nSPS) is 16.3. The Morgan fingerprint density at radius 3 is 2.27 bits per heavy atom. The van der Waals surface area contributed by atoms with Gasteiger partial charge in [0.25, 0.3) is 0 Å². The average Bonchev–Trinajstić information content (AvgIpc) is 2.90. The first-order valence-corrected chi connectivity index (χ1v) is 9.65. The number of benzene rings is 2. The number of nitrogens with one attached hydrogen (secondary N) is 1. The van der Waals surface area contributed by atoms with Crippen LogP contribution in [-0.4, -0.2) is 18.5 Å². The van der Waals surface area contributed by atoms with E-state index < -0.39 is 0 Å². The first kappa shape index (κ1) is 18.5. The van der Waals surface area contributed by atoms with Gasteiger partial charge in [-0.2, -0.15) is 0 Å². The van der Waals surface area contributed by atoms with E-state index in [-0.39, 0.29) is 5.91 Å². The van der Waals surface area contributed by atoms with Crippen LogP contribution in [0.5, 0.6) is 0 Å². The molecule has 0 fully saturated rings. The molecule has 2 aromatic rings. The minimum atomic E-state index is 0.0588. The second-order valence-electron chi connectivity index (χ2n) is 7.98. The van der Waals surface area contributed by atoms with Gasteiger partial charge in [-0.25, -0.2) is 0 Å². The molecular formula is C23H30N2O. The Hall–Kier alpha value is -2.29. The summed E-state index contributed by atoms with van der Waals surface area (Å²) in [5.41, 5.74) is 5.94. The van der Waals surface area contributed by atoms with Crippen LogP contribution in [-0.2, 0) is 11.2 Å². The third-order valence-electron chi connectivity index (χ3n) is 5.30. The summed E-state index contributed by atoms with van der Waals surface area (Å²) in [6.07, 6.45) is 1.00. The van der Waals surface area contributed by atoms with E-state index in [0.29, 0.717) is 24.4 Å². The summed E-state index contributed by atoms with van der Waals surface area (Å²) in [5.74, 6) is 0.800. The van der Waals surface area contributed by atoms with Crippen LogP contribution in [0.2, 0.25) is 0 Å². The second kappa shape index (κ2) is 7.53. The molecule has 0 saturated heterocycles. The summed E-state index contributed by atoms with van der Waals surface area (Å²) in [6.45, 7) is 11.3. The lowest BCUT2D eigenvalue weighted by atomic mass is 9.92. The van der Waals surface area contributed by atoms with Crippen molar-refractivity contribution in [3.63, 3.8) is 0 Å². The van der Waals surface area contributed by atoms with E-state index in [4.69, 9.17) is 0 Å². The monoisotopic (exact) mass is 350 g/mol. The van der Waals surface area contributed by atoms with Crippen molar-refractivity contribution < 1.29 is 4.79 Å². The molecule has 1 amide bonds. The van der Waals surface area contributed by atoms with Crippen molar-refractivity contribution in [2.24, 2.45) is 0 Å². The SMILES string of the molecule is CC(C)c1cccc(C(C)C)c1NC(=O)CN1c2ccccc2C[C@H]1C. The number of carbonyl (C=O) groups is 1. The van der Waals surface area contributed by atoms with Crippen molar-refractivity contribution in [3.05, 3.63) is 59.2 Å². The molecule has 1 heterocycles. The fourth-order valence-corrected chi connectivity index (χ4v) is 3.90. The van der Waals surface area contributed by atoms with E-state index in [9.17, 15) is 4.79 Å². The van der Waals surface area contributed by atoms with Crippen molar-refractivity contribution >= 4 is 17.3 Å². The molecule has 0 unspecified atom stereocenters. The Kier molecular flexibility index (Phi) is 5.36. The highest BCUT2D eigenvalue weighted by Crippen LogP contribution is 2.34. The predicted molar refractivity (Wildman–Crippen MR) is 110 cm³/mol. The first-order valence-electron chi connectivity index (χ1n) is 9.65.